The van der Waals surface area contributed by atoms with Crippen LogP contribution in [0.15, 0.2) is 102 Å². The molecule has 0 saturated heterocycles. The van der Waals surface area contributed by atoms with Crippen LogP contribution in [0.2, 0.25) is 0 Å². The number of aliphatic hydroxyl groups excluding tert-OH is 1. The highest BCUT2D eigenvalue weighted by Crippen LogP contribution is 2.42. The Hall–Kier alpha value is -4.82. The monoisotopic (exact) mass is 506 g/mol. The van der Waals surface area contributed by atoms with Crippen LogP contribution in [0.1, 0.15) is 33.2 Å². The number of benzene rings is 3. The molecule has 0 bridgehead atoms. The topological polar surface area (TPSA) is 118 Å². The van der Waals surface area contributed by atoms with Crippen LogP contribution in [0, 0.1) is 0 Å². The lowest BCUT2D eigenvalue weighted by molar-refractivity contribution is -0.129. The molecule has 4 aromatic rings. The van der Waals surface area contributed by atoms with Crippen molar-refractivity contribution in [1.29, 1.82) is 0 Å². The van der Waals surface area contributed by atoms with Gasteiger partial charge in [-0.05, 0) is 52.1 Å². The van der Waals surface area contributed by atoms with Crippen molar-refractivity contribution in [2.45, 2.75) is 11.6 Å². The number of methoxy groups -OCH3 is 1. The Morgan fingerprint density at radius 3 is 2.37 bits per heavy atom. The van der Waals surface area contributed by atoms with Gasteiger partial charge < -0.3 is 15.6 Å². The lowest BCUT2D eigenvalue weighted by Crippen LogP contribution is -2.41. The van der Waals surface area contributed by atoms with E-state index < -0.39 is 17.4 Å². The molecule has 0 aliphatic carbocycles. The van der Waals surface area contributed by atoms with Crippen LogP contribution in [0.5, 0.6) is 5.75 Å². The van der Waals surface area contributed by atoms with E-state index in [-0.39, 0.29) is 23.2 Å². The molecule has 1 amide bonds. The molecule has 38 heavy (non-hydrogen) atoms. The van der Waals surface area contributed by atoms with E-state index >= 15 is 0 Å². The first kappa shape index (κ1) is 24.9. The van der Waals surface area contributed by atoms with Gasteiger partial charge in [0.1, 0.15) is 11.9 Å². The lowest BCUT2D eigenvalue weighted by atomic mass is 9.80. The summed E-state index contributed by atoms with van der Waals surface area (Å²) in [5.74, 6) is -0.617. The van der Waals surface area contributed by atoms with Crippen molar-refractivity contribution in [3.05, 3.63) is 120 Å². The second kappa shape index (κ2) is 9.91. The molecule has 0 radical (unpaired) electrons. The number of hydrogen-bond donors (Lipinski definition) is 2. The molecule has 0 saturated carbocycles. The van der Waals surface area contributed by atoms with Crippen molar-refractivity contribution >= 4 is 17.6 Å². The van der Waals surface area contributed by atoms with Gasteiger partial charge in [-0.15, -0.1) is 0 Å². The Bertz CT molecular complexity index is 1540. The maximum atomic E-state index is 13.8. The summed E-state index contributed by atoms with van der Waals surface area (Å²) in [6.45, 7) is 0. The average Bonchev–Trinajstić information content (AvgIpc) is 3.21. The third kappa shape index (κ3) is 4.10. The number of nitrogens with zero attached hydrogens (tertiary/aromatic N) is 3. The third-order valence-corrected chi connectivity index (χ3v) is 6.76. The number of amides is 1. The number of Topliss-reactive ketones (excluding diaryl/α,β-unsaturated/α-hetero) is 1. The highest BCUT2D eigenvalue weighted by Gasteiger charge is 2.50. The first-order valence-corrected chi connectivity index (χ1v) is 12.0. The number of carbonyl (C=O) groups is 2. The van der Waals surface area contributed by atoms with E-state index in [1.807, 2.05) is 30.3 Å². The average molecular weight is 507 g/mol. The van der Waals surface area contributed by atoms with Gasteiger partial charge in [0.05, 0.1) is 12.7 Å². The minimum Gasteiger partial charge on any atom is -0.496 e. The van der Waals surface area contributed by atoms with Gasteiger partial charge in [0.2, 0.25) is 0 Å². The summed E-state index contributed by atoms with van der Waals surface area (Å²) >= 11 is 0. The number of carbonyl (C=O) groups excluding carboxylic acids is 2. The normalized spacial score (nSPS) is 17.7. The summed E-state index contributed by atoms with van der Waals surface area (Å²) in [6.07, 6.45) is 2.01. The van der Waals surface area contributed by atoms with E-state index in [1.165, 1.54) is 12.0 Å². The molecule has 0 fully saturated rings. The molecule has 1 aliphatic heterocycles. The van der Waals surface area contributed by atoms with Crippen molar-refractivity contribution in [2.24, 2.45) is 10.7 Å². The van der Waals surface area contributed by atoms with Crippen molar-refractivity contribution in [3.8, 4) is 16.9 Å². The number of aromatic nitrogens is 1. The summed E-state index contributed by atoms with van der Waals surface area (Å²) in [6, 6.07) is 24.7. The Morgan fingerprint density at radius 1 is 0.974 bits per heavy atom. The second-order valence-electron chi connectivity index (χ2n) is 8.96. The highest BCUT2D eigenvalue weighted by molar-refractivity contribution is 6.09. The van der Waals surface area contributed by atoms with Crippen molar-refractivity contribution in [3.63, 3.8) is 0 Å². The van der Waals surface area contributed by atoms with Crippen molar-refractivity contribution in [2.75, 3.05) is 14.2 Å². The molecule has 5 rings (SSSR count). The molecule has 3 aromatic carbocycles. The summed E-state index contributed by atoms with van der Waals surface area (Å²) in [7, 11) is 3.00. The Kier molecular flexibility index (Phi) is 6.48. The largest absolute Gasteiger partial charge is 0.496 e. The van der Waals surface area contributed by atoms with Crippen LogP contribution in [0.3, 0.4) is 0 Å². The third-order valence-electron chi connectivity index (χ3n) is 6.76. The molecular formula is C30H26N4O4. The number of likely N-dealkylation sites (N-methyl/N-ethyl adjacent to an activating group) is 1. The van der Waals surface area contributed by atoms with Crippen LogP contribution in [-0.4, -0.2) is 46.8 Å². The molecule has 1 aliphatic rings. The van der Waals surface area contributed by atoms with Gasteiger partial charge in [-0.3, -0.25) is 19.5 Å². The number of rotatable bonds is 7. The van der Waals surface area contributed by atoms with Crippen LogP contribution in [0.4, 0.5) is 0 Å². The molecule has 8 heteroatoms. The van der Waals surface area contributed by atoms with Gasteiger partial charge in [0.25, 0.3) is 5.91 Å². The maximum Gasteiger partial charge on any atom is 0.266 e. The van der Waals surface area contributed by atoms with E-state index in [9.17, 15) is 14.7 Å². The van der Waals surface area contributed by atoms with E-state index in [1.54, 1.807) is 74.0 Å². The van der Waals surface area contributed by atoms with Gasteiger partial charge in [-0.25, -0.2) is 4.99 Å². The summed E-state index contributed by atoms with van der Waals surface area (Å²) in [4.78, 5) is 37.5. The van der Waals surface area contributed by atoms with E-state index in [0.717, 1.165) is 11.1 Å². The number of guanidine groups is 1. The molecule has 190 valence electrons. The number of ketones is 1. The number of pyridine rings is 1. The standard InChI is InChI=1S/C30H26N4O4/c1-34-28(37)30(33-29(34)31,22-12-6-10-20(16-22)21-11-7-15-32-18-21)23-13-14-25(38-2)24(17-23)27(36)26(35)19-8-4-3-5-9-19/h3-18,26,35H,1-2H3,(H2,31,33). The highest BCUT2D eigenvalue weighted by atomic mass is 16.5. The first-order valence-electron chi connectivity index (χ1n) is 12.0. The van der Waals surface area contributed by atoms with Crippen LogP contribution < -0.4 is 10.5 Å². The maximum absolute atomic E-state index is 13.8. The smallest absolute Gasteiger partial charge is 0.266 e. The zero-order chi connectivity index (χ0) is 26.9. The van der Waals surface area contributed by atoms with Gasteiger partial charge in [0, 0.05) is 19.4 Å². The van der Waals surface area contributed by atoms with Crippen LogP contribution in [-0.2, 0) is 10.3 Å². The van der Waals surface area contributed by atoms with E-state index in [4.69, 9.17) is 10.5 Å². The van der Waals surface area contributed by atoms with E-state index in [0.29, 0.717) is 16.7 Å². The number of ether oxygens (including phenoxy) is 1. The molecule has 8 nitrogen and oxygen atoms in total. The zero-order valence-corrected chi connectivity index (χ0v) is 20.9. The molecule has 3 N–H and O–H groups in total. The Balaban J connectivity index is 1.68. The number of aliphatic imine (C=N–C) groups is 1. The van der Waals surface area contributed by atoms with Gasteiger partial charge in [-0.2, -0.15) is 0 Å². The Morgan fingerprint density at radius 2 is 1.71 bits per heavy atom. The van der Waals surface area contributed by atoms with E-state index in [2.05, 4.69) is 9.98 Å². The first-order chi connectivity index (χ1) is 18.4. The Labute approximate surface area is 220 Å². The molecule has 2 heterocycles. The zero-order valence-electron chi connectivity index (χ0n) is 20.9. The summed E-state index contributed by atoms with van der Waals surface area (Å²) in [5.41, 5.74) is 7.89. The number of aliphatic hydroxyl groups is 1. The van der Waals surface area contributed by atoms with Crippen molar-refractivity contribution in [1.82, 2.24) is 9.88 Å². The molecular weight excluding hydrogens is 480 g/mol. The molecule has 2 atom stereocenters. The molecule has 1 aromatic heterocycles. The molecule has 0 spiro atoms. The fourth-order valence-electron chi connectivity index (χ4n) is 4.70. The van der Waals surface area contributed by atoms with Gasteiger partial charge >= 0.3 is 0 Å². The fraction of sp³-hybridized carbons (Fsp3) is 0.133. The fourth-order valence-corrected chi connectivity index (χ4v) is 4.70. The van der Waals surface area contributed by atoms with Crippen molar-refractivity contribution < 1.29 is 19.4 Å². The summed E-state index contributed by atoms with van der Waals surface area (Å²) in [5, 5.41) is 10.9. The molecule has 2 unspecified atom stereocenters. The lowest BCUT2D eigenvalue weighted by Gasteiger charge is -2.27. The van der Waals surface area contributed by atoms with Gasteiger partial charge in [-0.1, -0.05) is 60.7 Å². The number of nitrogens with two attached hydrogens (primary N) is 1. The predicted molar refractivity (Wildman–Crippen MR) is 144 cm³/mol. The quantitative estimate of drug-likeness (QED) is 0.369. The SMILES string of the molecule is COc1ccc(C2(c3cccc(-c4cccnc4)c3)N=C(N)N(C)C2=O)cc1C(=O)C(O)c1ccccc1. The summed E-state index contributed by atoms with van der Waals surface area (Å²) < 4.78 is 5.46. The second-order valence-corrected chi connectivity index (χ2v) is 8.96. The van der Waals surface area contributed by atoms with Crippen LogP contribution in [0.25, 0.3) is 11.1 Å². The minimum atomic E-state index is -1.55. The minimum absolute atomic E-state index is 0.0507. The van der Waals surface area contributed by atoms with Crippen LogP contribution >= 0.6 is 0 Å². The predicted octanol–water partition coefficient (Wildman–Crippen LogP) is 3.70. The number of hydrogen-bond acceptors (Lipinski definition) is 7. The van der Waals surface area contributed by atoms with Gasteiger partial charge in [0.15, 0.2) is 17.3 Å².